The lowest BCUT2D eigenvalue weighted by Crippen LogP contribution is -2.18. The molecule has 1 atom stereocenters. The van der Waals surface area contributed by atoms with Gasteiger partial charge in [0.2, 0.25) is 5.88 Å². The molecule has 0 radical (unpaired) electrons. The lowest BCUT2D eigenvalue weighted by atomic mass is 9.98. The largest absolute Gasteiger partial charge is 0.496 e. The Kier molecular flexibility index (Phi) is 7.59. The van der Waals surface area contributed by atoms with Gasteiger partial charge >= 0.3 is 0 Å². The van der Waals surface area contributed by atoms with Gasteiger partial charge in [-0.15, -0.1) is 0 Å². The number of hydrogen-bond acceptors (Lipinski definition) is 7. The topological polar surface area (TPSA) is 98.3 Å². The average molecular weight is 436 g/mol. The van der Waals surface area contributed by atoms with E-state index in [4.69, 9.17) is 9.47 Å². The van der Waals surface area contributed by atoms with Gasteiger partial charge < -0.3 is 20.1 Å². The summed E-state index contributed by atoms with van der Waals surface area (Å²) in [5.41, 5.74) is 3.22. The molecule has 0 spiro atoms. The van der Waals surface area contributed by atoms with Crippen molar-refractivity contribution in [2.45, 2.75) is 32.8 Å². The Balaban J connectivity index is 1.69. The molecule has 1 aromatic carbocycles. The second-order valence-electron chi connectivity index (χ2n) is 7.66. The normalized spacial score (nSPS) is 11.7. The summed E-state index contributed by atoms with van der Waals surface area (Å²) in [6, 6.07) is 11.1. The zero-order chi connectivity index (χ0) is 23.1. The van der Waals surface area contributed by atoms with Crippen molar-refractivity contribution >= 4 is 11.7 Å². The van der Waals surface area contributed by atoms with Crippen molar-refractivity contribution in [1.29, 1.82) is 0 Å². The molecular formula is C24H29N5O3. The number of benzene rings is 1. The average Bonchev–Trinajstić information content (AvgIpc) is 2.81. The number of amides is 1. The van der Waals surface area contributed by atoms with Crippen LogP contribution < -0.4 is 20.1 Å². The van der Waals surface area contributed by atoms with Crippen LogP contribution in [0.15, 0.2) is 48.9 Å². The molecule has 2 N–H and O–H groups in total. The first kappa shape index (κ1) is 23.0. The molecule has 0 fully saturated rings. The van der Waals surface area contributed by atoms with Crippen molar-refractivity contribution in [3.8, 4) is 22.9 Å². The molecule has 32 heavy (non-hydrogen) atoms. The minimum atomic E-state index is -0.146. The summed E-state index contributed by atoms with van der Waals surface area (Å²) in [5.74, 6) is 1.95. The monoisotopic (exact) mass is 435 g/mol. The zero-order valence-electron chi connectivity index (χ0n) is 19.0. The Morgan fingerprint density at radius 3 is 2.53 bits per heavy atom. The molecule has 0 bridgehead atoms. The summed E-state index contributed by atoms with van der Waals surface area (Å²) in [6.45, 7) is 6.64. The first-order valence-electron chi connectivity index (χ1n) is 10.5. The summed E-state index contributed by atoms with van der Waals surface area (Å²) >= 11 is 0. The molecule has 3 aromatic rings. The molecule has 2 heterocycles. The third-order valence-corrected chi connectivity index (χ3v) is 4.90. The summed E-state index contributed by atoms with van der Waals surface area (Å²) in [4.78, 5) is 24.9. The lowest BCUT2D eigenvalue weighted by molar-refractivity contribution is 0.0962. The second-order valence-corrected chi connectivity index (χ2v) is 7.66. The molecule has 8 heteroatoms. The number of nitrogens with one attached hydrogen (secondary N) is 2. The Labute approximate surface area is 188 Å². The van der Waals surface area contributed by atoms with Crippen LogP contribution in [0, 0.1) is 0 Å². The number of aromatic nitrogens is 3. The summed E-state index contributed by atoms with van der Waals surface area (Å²) in [7, 11) is 3.21. The number of anilines is 1. The van der Waals surface area contributed by atoms with E-state index in [0.717, 1.165) is 16.8 Å². The molecule has 168 valence electrons. The SMILES string of the molecule is CNC(=O)c1ccc(C(C)CNc2cc(-c3ccc(OC(C)C)nc3)ncn2)c(OC)c1. The Bertz CT molecular complexity index is 1050. The number of ether oxygens (including phenoxy) is 2. The first-order chi connectivity index (χ1) is 15.4. The van der Waals surface area contributed by atoms with Crippen LogP contribution in [0.5, 0.6) is 11.6 Å². The van der Waals surface area contributed by atoms with Crippen LogP contribution in [0.1, 0.15) is 42.6 Å². The molecule has 2 aromatic heterocycles. The van der Waals surface area contributed by atoms with E-state index in [0.29, 0.717) is 29.6 Å². The van der Waals surface area contributed by atoms with Gasteiger partial charge in [0.05, 0.1) is 18.9 Å². The molecule has 8 nitrogen and oxygen atoms in total. The highest BCUT2D eigenvalue weighted by Gasteiger charge is 2.15. The molecule has 0 saturated heterocycles. The van der Waals surface area contributed by atoms with Gasteiger partial charge in [0, 0.05) is 49.0 Å². The number of pyridine rings is 1. The quantitative estimate of drug-likeness (QED) is 0.526. The second kappa shape index (κ2) is 10.6. The van der Waals surface area contributed by atoms with Crippen LogP contribution in [0.4, 0.5) is 5.82 Å². The highest BCUT2D eigenvalue weighted by Crippen LogP contribution is 2.28. The van der Waals surface area contributed by atoms with Crippen LogP contribution in [0.2, 0.25) is 0 Å². The molecule has 1 amide bonds. The van der Waals surface area contributed by atoms with E-state index in [9.17, 15) is 4.79 Å². The fourth-order valence-electron chi connectivity index (χ4n) is 3.23. The van der Waals surface area contributed by atoms with E-state index in [-0.39, 0.29) is 17.9 Å². The summed E-state index contributed by atoms with van der Waals surface area (Å²) in [6.07, 6.45) is 3.34. The zero-order valence-corrected chi connectivity index (χ0v) is 19.0. The molecule has 0 aliphatic heterocycles. The molecule has 0 aliphatic rings. The van der Waals surface area contributed by atoms with Crippen LogP contribution in [0.25, 0.3) is 11.3 Å². The van der Waals surface area contributed by atoms with Gasteiger partial charge in [0.1, 0.15) is 17.9 Å². The lowest BCUT2D eigenvalue weighted by Gasteiger charge is -2.17. The number of rotatable bonds is 9. The summed E-state index contributed by atoms with van der Waals surface area (Å²) < 4.78 is 11.1. The van der Waals surface area contributed by atoms with Gasteiger partial charge in [-0.2, -0.15) is 0 Å². The minimum Gasteiger partial charge on any atom is -0.496 e. The maximum absolute atomic E-state index is 11.9. The van der Waals surface area contributed by atoms with Crippen molar-refractivity contribution in [3.63, 3.8) is 0 Å². The highest BCUT2D eigenvalue weighted by molar-refractivity contribution is 5.94. The molecule has 1 unspecified atom stereocenters. The molecule has 3 rings (SSSR count). The van der Waals surface area contributed by atoms with Crippen molar-refractivity contribution in [2.75, 3.05) is 26.0 Å². The van der Waals surface area contributed by atoms with Crippen molar-refractivity contribution in [3.05, 3.63) is 60.0 Å². The van der Waals surface area contributed by atoms with Crippen molar-refractivity contribution in [2.24, 2.45) is 0 Å². The smallest absolute Gasteiger partial charge is 0.251 e. The van der Waals surface area contributed by atoms with Crippen LogP contribution in [-0.2, 0) is 0 Å². The van der Waals surface area contributed by atoms with Crippen LogP contribution in [0.3, 0.4) is 0 Å². The van der Waals surface area contributed by atoms with E-state index < -0.39 is 0 Å². The fraction of sp³-hybridized carbons (Fsp3) is 0.333. The van der Waals surface area contributed by atoms with Crippen LogP contribution in [-0.4, -0.2) is 47.7 Å². The van der Waals surface area contributed by atoms with E-state index in [1.54, 1.807) is 32.5 Å². The molecular weight excluding hydrogens is 406 g/mol. The highest BCUT2D eigenvalue weighted by atomic mass is 16.5. The maximum Gasteiger partial charge on any atom is 0.251 e. The number of nitrogens with zero attached hydrogens (tertiary/aromatic N) is 3. The first-order valence-corrected chi connectivity index (χ1v) is 10.5. The van der Waals surface area contributed by atoms with Gasteiger partial charge in [-0.05, 0) is 37.6 Å². The summed E-state index contributed by atoms with van der Waals surface area (Å²) in [5, 5.41) is 5.98. The third kappa shape index (κ3) is 5.72. The standard InChI is InChI=1S/C24H29N5O3/c1-15(2)32-23-9-7-18(13-27-23)20-11-22(29-14-28-20)26-12-16(3)19-8-6-17(24(30)25-4)10-21(19)31-5/h6-11,13-16H,12H2,1-5H3,(H,25,30)(H,26,28,29). The predicted octanol–water partition coefficient (Wildman–Crippen LogP) is 3.91. The van der Waals surface area contributed by atoms with E-state index in [1.165, 1.54) is 6.33 Å². The number of carbonyl (C=O) groups is 1. The fourth-order valence-corrected chi connectivity index (χ4v) is 3.23. The minimum absolute atomic E-state index is 0.0730. The van der Waals surface area contributed by atoms with E-state index in [2.05, 4.69) is 32.5 Å². The van der Waals surface area contributed by atoms with Gasteiger partial charge in [-0.25, -0.2) is 15.0 Å². The Hall–Kier alpha value is -3.68. The maximum atomic E-state index is 11.9. The van der Waals surface area contributed by atoms with Crippen molar-refractivity contribution < 1.29 is 14.3 Å². The number of hydrogen-bond donors (Lipinski definition) is 2. The molecule has 0 aliphatic carbocycles. The van der Waals surface area contributed by atoms with Gasteiger partial charge in [0.15, 0.2) is 0 Å². The van der Waals surface area contributed by atoms with E-state index >= 15 is 0 Å². The Morgan fingerprint density at radius 2 is 1.88 bits per heavy atom. The molecule has 0 saturated carbocycles. The van der Waals surface area contributed by atoms with Crippen molar-refractivity contribution in [1.82, 2.24) is 20.3 Å². The van der Waals surface area contributed by atoms with Gasteiger partial charge in [0.25, 0.3) is 5.91 Å². The van der Waals surface area contributed by atoms with Gasteiger partial charge in [-0.3, -0.25) is 4.79 Å². The third-order valence-electron chi connectivity index (χ3n) is 4.90. The predicted molar refractivity (Wildman–Crippen MR) is 124 cm³/mol. The van der Waals surface area contributed by atoms with Gasteiger partial charge in [-0.1, -0.05) is 13.0 Å². The number of carbonyl (C=O) groups excluding carboxylic acids is 1. The van der Waals surface area contributed by atoms with E-state index in [1.807, 2.05) is 38.1 Å². The number of methoxy groups -OCH3 is 1. The van der Waals surface area contributed by atoms with Crippen LogP contribution >= 0.6 is 0 Å². The Morgan fingerprint density at radius 1 is 1.06 bits per heavy atom.